The minimum atomic E-state index is 0.184. The fourth-order valence-electron chi connectivity index (χ4n) is 2.92. The largest absolute Gasteiger partial charge is 0.381 e. The molecular formula is C15H18O2. The van der Waals surface area contributed by atoms with E-state index in [1.54, 1.807) is 0 Å². The Morgan fingerprint density at radius 3 is 2.71 bits per heavy atom. The average molecular weight is 230 g/mol. The van der Waals surface area contributed by atoms with Crippen molar-refractivity contribution < 1.29 is 9.53 Å². The minimum Gasteiger partial charge on any atom is -0.381 e. The van der Waals surface area contributed by atoms with Crippen LogP contribution in [0.5, 0.6) is 0 Å². The summed E-state index contributed by atoms with van der Waals surface area (Å²) in [5.74, 6) is 0.506. The highest BCUT2D eigenvalue weighted by Crippen LogP contribution is 2.26. The first kappa shape index (κ1) is 11.0. The summed E-state index contributed by atoms with van der Waals surface area (Å²) in [6.07, 6.45) is 5.33. The molecule has 2 aliphatic rings. The van der Waals surface area contributed by atoms with Crippen LogP contribution in [-0.4, -0.2) is 19.0 Å². The summed E-state index contributed by atoms with van der Waals surface area (Å²) in [7, 11) is 0. The summed E-state index contributed by atoms with van der Waals surface area (Å²) in [5.41, 5.74) is 3.74. The molecule has 1 aliphatic heterocycles. The zero-order valence-electron chi connectivity index (χ0n) is 10.1. The Morgan fingerprint density at radius 1 is 1.12 bits per heavy atom. The molecule has 2 heteroatoms. The van der Waals surface area contributed by atoms with Crippen molar-refractivity contribution in [3.63, 3.8) is 0 Å². The Morgan fingerprint density at radius 2 is 1.88 bits per heavy atom. The van der Waals surface area contributed by atoms with Gasteiger partial charge in [-0.15, -0.1) is 0 Å². The third kappa shape index (κ3) is 2.14. The van der Waals surface area contributed by atoms with E-state index in [0.29, 0.717) is 5.78 Å². The second kappa shape index (κ2) is 4.61. The van der Waals surface area contributed by atoms with Crippen LogP contribution in [0.2, 0.25) is 0 Å². The molecule has 0 N–H and O–H groups in total. The van der Waals surface area contributed by atoms with Crippen molar-refractivity contribution in [1.29, 1.82) is 0 Å². The summed E-state index contributed by atoms with van der Waals surface area (Å²) in [6.45, 7) is 1.47. The lowest BCUT2D eigenvalue weighted by Gasteiger charge is -2.21. The van der Waals surface area contributed by atoms with Crippen molar-refractivity contribution in [2.24, 2.45) is 5.92 Å². The average Bonchev–Trinajstić information content (AvgIpc) is 2.86. The molecule has 1 fully saturated rings. The molecule has 0 aromatic heterocycles. The molecule has 0 atom stereocenters. The number of ether oxygens (including phenoxy) is 1. The summed E-state index contributed by atoms with van der Waals surface area (Å²) in [4.78, 5) is 12.3. The quantitative estimate of drug-likeness (QED) is 0.730. The monoisotopic (exact) mass is 230 g/mol. The van der Waals surface area contributed by atoms with E-state index in [2.05, 4.69) is 12.1 Å². The van der Waals surface area contributed by atoms with Crippen LogP contribution in [-0.2, 0) is 17.6 Å². The van der Waals surface area contributed by atoms with Crippen LogP contribution in [0.25, 0.3) is 0 Å². The third-order valence-corrected chi connectivity index (χ3v) is 3.98. The number of Topliss-reactive ketones (excluding diaryl/α,β-unsaturated/α-hetero) is 1. The maximum absolute atomic E-state index is 12.3. The molecule has 0 bridgehead atoms. The van der Waals surface area contributed by atoms with Gasteiger partial charge in [0.15, 0.2) is 5.78 Å². The van der Waals surface area contributed by atoms with Crippen molar-refractivity contribution in [2.45, 2.75) is 32.1 Å². The Hall–Kier alpha value is -1.15. The molecule has 1 aromatic carbocycles. The topological polar surface area (TPSA) is 26.3 Å². The van der Waals surface area contributed by atoms with Crippen LogP contribution in [0.15, 0.2) is 18.2 Å². The van der Waals surface area contributed by atoms with E-state index >= 15 is 0 Å². The van der Waals surface area contributed by atoms with Crippen molar-refractivity contribution in [3.05, 3.63) is 34.9 Å². The standard InChI is InChI=1S/C15H18O2/c16-15(12-6-8-17-9-7-12)14-5-4-11-2-1-3-13(11)10-14/h4-5,10,12H,1-3,6-9H2. The van der Waals surface area contributed by atoms with Crippen LogP contribution in [0.4, 0.5) is 0 Å². The molecule has 1 aromatic rings. The van der Waals surface area contributed by atoms with Gasteiger partial charge in [0.25, 0.3) is 0 Å². The van der Waals surface area contributed by atoms with Gasteiger partial charge in [-0.1, -0.05) is 12.1 Å². The van der Waals surface area contributed by atoms with Gasteiger partial charge < -0.3 is 4.74 Å². The number of rotatable bonds is 2. The normalized spacial score (nSPS) is 20.2. The number of benzene rings is 1. The van der Waals surface area contributed by atoms with Crippen molar-refractivity contribution >= 4 is 5.78 Å². The molecule has 17 heavy (non-hydrogen) atoms. The Labute approximate surface area is 102 Å². The molecule has 0 saturated carbocycles. The zero-order chi connectivity index (χ0) is 11.7. The molecular weight excluding hydrogens is 212 g/mol. The molecule has 0 radical (unpaired) electrons. The van der Waals surface area contributed by atoms with Crippen LogP contribution in [0, 0.1) is 5.92 Å². The SMILES string of the molecule is O=C(c1ccc2c(c1)CCC2)C1CCOCC1. The van der Waals surface area contributed by atoms with Crippen molar-refractivity contribution in [2.75, 3.05) is 13.2 Å². The molecule has 1 saturated heterocycles. The predicted molar refractivity (Wildman–Crippen MR) is 66.3 cm³/mol. The van der Waals surface area contributed by atoms with E-state index in [0.717, 1.165) is 38.0 Å². The number of carbonyl (C=O) groups is 1. The van der Waals surface area contributed by atoms with Crippen LogP contribution in [0.3, 0.4) is 0 Å². The third-order valence-electron chi connectivity index (χ3n) is 3.98. The van der Waals surface area contributed by atoms with Crippen LogP contribution >= 0.6 is 0 Å². The molecule has 90 valence electrons. The van der Waals surface area contributed by atoms with Crippen molar-refractivity contribution in [3.8, 4) is 0 Å². The highest BCUT2D eigenvalue weighted by Gasteiger charge is 2.23. The van der Waals surface area contributed by atoms with Crippen LogP contribution < -0.4 is 0 Å². The van der Waals surface area contributed by atoms with E-state index in [4.69, 9.17) is 4.74 Å². The van der Waals surface area contributed by atoms with Gasteiger partial charge in [0.1, 0.15) is 0 Å². The number of fused-ring (bicyclic) bond motifs is 1. The van der Waals surface area contributed by atoms with Gasteiger partial charge in [0.2, 0.25) is 0 Å². The number of hydrogen-bond donors (Lipinski definition) is 0. The van der Waals surface area contributed by atoms with Gasteiger partial charge in [-0.25, -0.2) is 0 Å². The molecule has 3 rings (SSSR count). The van der Waals surface area contributed by atoms with Gasteiger partial charge in [-0.05, 0) is 49.3 Å². The fourth-order valence-corrected chi connectivity index (χ4v) is 2.92. The van der Waals surface area contributed by atoms with Crippen molar-refractivity contribution in [1.82, 2.24) is 0 Å². The van der Waals surface area contributed by atoms with E-state index in [9.17, 15) is 4.79 Å². The maximum atomic E-state index is 12.3. The first-order chi connectivity index (χ1) is 8.34. The first-order valence-corrected chi connectivity index (χ1v) is 6.58. The molecule has 0 unspecified atom stereocenters. The zero-order valence-corrected chi connectivity index (χ0v) is 10.1. The second-order valence-electron chi connectivity index (χ2n) is 5.09. The van der Waals surface area contributed by atoms with Gasteiger partial charge in [-0.3, -0.25) is 4.79 Å². The first-order valence-electron chi connectivity index (χ1n) is 6.58. The Bertz CT molecular complexity index is 431. The Balaban J connectivity index is 1.81. The molecule has 0 spiro atoms. The van der Waals surface area contributed by atoms with E-state index < -0.39 is 0 Å². The minimum absolute atomic E-state index is 0.184. The fraction of sp³-hybridized carbons (Fsp3) is 0.533. The number of aryl methyl sites for hydroxylation is 2. The lowest BCUT2D eigenvalue weighted by Crippen LogP contribution is -2.23. The van der Waals surface area contributed by atoms with Gasteiger partial charge in [-0.2, -0.15) is 0 Å². The van der Waals surface area contributed by atoms with E-state index in [1.807, 2.05) is 6.07 Å². The summed E-state index contributed by atoms with van der Waals surface area (Å²) < 4.78 is 5.31. The van der Waals surface area contributed by atoms with Gasteiger partial charge in [0.05, 0.1) is 0 Å². The Kier molecular flexibility index (Phi) is 2.98. The van der Waals surface area contributed by atoms with Crippen LogP contribution in [0.1, 0.15) is 40.7 Å². The molecule has 2 nitrogen and oxygen atoms in total. The van der Waals surface area contributed by atoms with E-state index in [-0.39, 0.29) is 5.92 Å². The molecule has 0 amide bonds. The van der Waals surface area contributed by atoms with E-state index in [1.165, 1.54) is 24.0 Å². The number of ketones is 1. The number of carbonyl (C=O) groups excluding carboxylic acids is 1. The maximum Gasteiger partial charge on any atom is 0.166 e. The van der Waals surface area contributed by atoms with Gasteiger partial charge in [0, 0.05) is 24.7 Å². The molecule has 1 aliphatic carbocycles. The number of hydrogen-bond acceptors (Lipinski definition) is 2. The highest BCUT2D eigenvalue weighted by atomic mass is 16.5. The summed E-state index contributed by atoms with van der Waals surface area (Å²) >= 11 is 0. The summed E-state index contributed by atoms with van der Waals surface area (Å²) in [5, 5.41) is 0. The van der Waals surface area contributed by atoms with Gasteiger partial charge >= 0.3 is 0 Å². The predicted octanol–water partition coefficient (Wildman–Crippen LogP) is 2.78. The molecule has 1 heterocycles. The highest BCUT2D eigenvalue weighted by molar-refractivity contribution is 5.98. The smallest absolute Gasteiger partial charge is 0.166 e. The second-order valence-corrected chi connectivity index (χ2v) is 5.09. The lowest BCUT2D eigenvalue weighted by atomic mass is 9.90. The summed E-state index contributed by atoms with van der Waals surface area (Å²) in [6, 6.07) is 6.29. The lowest BCUT2D eigenvalue weighted by molar-refractivity contribution is 0.0545.